The molecule has 0 amide bonds. The van der Waals surface area contributed by atoms with Crippen LogP contribution >= 0.6 is 11.6 Å². The highest BCUT2D eigenvalue weighted by Gasteiger charge is 2.19. The lowest BCUT2D eigenvalue weighted by Gasteiger charge is -2.14. The Hall–Kier alpha value is -3.91. The Morgan fingerprint density at radius 2 is 1.67 bits per heavy atom. The van der Waals surface area contributed by atoms with Gasteiger partial charge in [0.05, 0.1) is 22.6 Å². The highest BCUT2D eigenvalue weighted by atomic mass is 35.5. The number of benzene rings is 3. The van der Waals surface area contributed by atoms with Gasteiger partial charge in [0.15, 0.2) is 23.9 Å². The lowest BCUT2D eigenvalue weighted by molar-refractivity contribution is -0.384. The molecule has 0 radical (unpaired) electrons. The molecule has 3 aromatic carbocycles. The molecule has 0 spiro atoms. The van der Waals surface area contributed by atoms with Crippen LogP contribution in [0.1, 0.15) is 31.8 Å². The lowest BCUT2D eigenvalue weighted by atomic mass is 10.1. The normalized spacial score (nSPS) is 10.4. The van der Waals surface area contributed by atoms with E-state index in [1.807, 2.05) is 31.2 Å². The van der Waals surface area contributed by atoms with Crippen LogP contribution in [0.25, 0.3) is 0 Å². The van der Waals surface area contributed by atoms with Gasteiger partial charge in [0.25, 0.3) is 5.69 Å². The summed E-state index contributed by atoms with van der Waals surface area (Å²) in [5.41, 5.74) is 2.19. The first-order valence-corrected chi connectivity index (χ1v) is 10.2. The summed E-state index contributed by atoms with van der Waals surface area (Å²) in [6.45, 7) is 1.70. The number of nitro groups is 1. The zero-order chi connectivity index (χ0) is 24.0. The second-order valence-electron chi connectivity index (χ2n) is 7.07. The fourth-order valence-corrected chi connectivity index (χ4v) is 3.15. The van der Waals surface area contributed by atoms with E-state index in [2.05, 4.69) is 0 Å². The van der Waals surface area contributed by atoms with Crippen LogP contribution in [0.15, 0.2) is 60.7 Å². The maximum atomic E-state index is 12.4. The number of aryl methyl sites for hydroxylation is 1. The molecular formula is C24H20ClNO7. The molecule has 0 saturated heterocycles. The average molecular weight is 470 g/mol. The molecular weight excluding hydrogens is 450 g/mol. The number of halogens is 1. The first-order valence-electron chi connectivity index (χ1n) is 9.79. The third-order valence-electron chi connectivity index (χ3n) is 4.70. The first-order chi connectivity index (χ1) is 15.8. The van der Waals surface area contributed by atoms with Crippen LogP contribution < -0.4 is 9.47 Å². The van der Waals surface area contributed by atoms with Crippen molar-refractivity contribution in [1.29, 1.82) is 0 Å². The number of ether oxygens (including phenoxy) is 3. The van der Waals surface area contributed by atoms with Crippen molar-refractivity contribution < 1.29 is 28.7 Å². The number of hydrogen-bond acceptors (Lipinski definition) is 7. The van der Waals surface area contributed by atoms with E-state index < -0.39 is 23.3 Å². The quantitative estimate of drug-likeness (QED) is 0.184. The molecule has 0 heterocycles. The number of carbonyl (C=O) groups excluding carboxylic acids is 2. The molecule has 3 rings (SSSR count). The van der Waals surface area contributed by atoms with Gasteiger partial charge >= 0.3 is 5.97 Å². The molecule has 0 saturated carbocycles. The number of nitrogens with zero attached hydrogens (tertiary/aromatic N) is 1. The van der Waals surface area contributed by atoms with Crippen LogP contribution in [-0.4, -0.2) is 30.4 Å². The van der Waals surface area contributed by atoms with E-state index in [9.17, 15) is 19.7 Å². The molecule has 0 aliphatic rings. The van der Waals surface area contributed by atoms with E-state index in [1.165, 1.54) is 43.5 Å². The van der Waals surface area contributed by atoms with Crippen molar-refractivity contribution in [2.24, 2.45) is 0 Å². The minimum Gasteiger partial charge on any atom is -0.493 e. The zero-order valence-corrected chi connectivity index (χ0v) is 18.6. The maximum absolute atomic E-state index is 12.4. The van der Waals surface area contributed by atoms with Gasteiger partial charge in [-0.2, -0.15) is 0 Å². The van der Waals surface area contributed by atoms with E-state index in [1.54, 1.807) is 0 Å². The van der Waals surface area contributed by atoms with E-state index in [0.717, 1.165) is 11.1 Å². The molecule has 0 unspecified atom stereocenters. The lowest BCUT2D eigenvalue weighted by Crippen LogP contribution is -2.14. The largest absolute Gasteiger partial charge is 0.493 e. The summed E-state index contributed by atoms with van der Waals surface area (Å²) < 4.78 is 16.2. The number of carbonyl (C=O) groups is 2. The molecule has 9 heteroatoms. The van der Waals surface area contributed by atoms with Gasteiger partial charge < -0.3 is 14.2 Å². The van der Waals surface area contributed by atoms with Gasteiger partial charge in [-0.05, 0) is 36.8 Å². The molecule has 33 heavy (non-hydrogen) atoms. The van der Waals surface area contributed by atoms with E-state index in [0.29, 0.717) is 0 Å². The fraction of sp³-hybridized carbons (Fsp3) is 0.167. The molecule has 0 atom stereocenters. The summed E-state index contributed by atoms with van der Waals surface area (Å²) in [6, 6.07) is 15.6. The van der Waals surface area contributed by atoms with Gasteiger partial charge in [0.2, 0.25) is 0 Å². The van der Waals surface area contributed by atoms with Gasteiger partial charge in [0.1, 0.15) is 6.61 Å². The van der Waals surface area contributed by atoms with Crippen molar-refractivity contribution in [1.82, 2.24) is 0 Å². The van der Waals surface area contributed by atoms with Crippen molar-refractivity contribution in [3.05, 3.63) is 98.1 Å². The highest BCUT2D eigenvalue weighted by Crippen LogP contribution is 2.37. The molecule has 170 valence electrons. The number of nitro benzene ring substituents is 1. The Kier molecular flexibility index (Phi) is 7.63. The number of methoxy groups -OCH3 is 1. The summed E-state index contributed by atoms with van der Waals surface area (Å²) in [5.74, 6) is -0.772. The van der Waals surface area contributed by atoms with E-state index in [-0.39, 0.29) is 39.9 Å². The van der Waals surface area contributed by atoms with Crippen molar-refractivity contribution >= 4 is 29.0 Å². The van der Waals surface area contributed by atoms with Crippen LogP contribution in [0.2, 0.25) is 5.02 Å². The Morgan fingerprint density at radius 3 is 2.27 bits per heavy atom. The third-order valence-corrected chi connectivity index (χ3v) is 4.98. The number of rotatable bonds is 9. The highest BCUT2D eigenvalue weighted by molar-refractivity contribution is 6.32. The second-order valence-corrected chi connectivity index (χ2v) is 7.47. The maximum Gasteiger partial charge on any atom is 0.338 e. The van der Waals surface area contributed by atoms with Gasteiger partial charge in [0, 0.05) is 17.7 Å². The minimum atomic E-state index is -0.782. The Labute approximate surface area is 194 Å². The summed E-state index contributed by atoms with van der Waals surface area (Å²) in [5, 5.41) is 10.9. The Morgan fingerprint density at radius 1 is 1.00 bits per heavy atom. The van der Waals surface area contributed by atoms with Gasteiger partial charge in [-0.3, -0.25) is 14.9 Å². The number of esters is 1. The fourth-order valence-electron chi connectivity index (χ4n) is 2.88. The third kappa shape index (κ3) is 6.08. The molecule has 0 N–H and O–H groups in total. The van der Waals surface area contributed by atoms with Gasteiger partial charge in [-0.1, -0.05) is 41.4 Å². The van der Waals surface area contributed by atoms with Crippen molar-refractivity contribution in [3.63, 3.8) is 0 Å². The van der Waals surface area contributed by atoms with Crippen LogP contribution in [-0.2, 0) is 11.3 Å². The Bertz CT molecular complexity index is 1170. The number of Topliss-reactive ketones (excluding diaryl/α,β-unsaturated/α-hetero) is 1. The van der Waals surface area contributed by atoms with Crippen molar-refractivity contribution in [2.75, 3.05) is 13.7 Å². The van der Waals surface area contributed by atoms with Crippen molar-refractivity contribution in [2.45, 2.75) is 13.5 Å². The molecule has 0 aliphatic heterocycles. The molecule has 0 fully saturated rings. The van der Waals surface area contributed by atoms with Gasteiger partial charge in [-0.15, -0.1) is 0 Å². The molecule has 0 aliphatic carbocycles. The second kappa shape index (κ2) is 10.6. The van der Waals surface area contributed by atoms with Crippen LogP contribution in [0.3, 0.4) is 0 Å². The number of non-ortho nitro benzene ring substituents is 1. The summed E-state index contributed by atoms with van der Waals surface area (Å²) in [7, 11) is 1.41. The summed E-state index contributed by atoms with van der Waals surface area (Å²) in [4.78, 5) is 34.8. The van der Waals surface area contributed by atoms with Crippen LogP contribution in [0, 0.1) is 17.0 Å². The summed E-state index contributed by atoms with van der Waals surface area (Å²) >= 11 is 6.31. The molecule has 8 nitrogen and oxygen atoms in total. The topological polar surface area (TPSA) is 105 Å². The first kappa shape index (κ1) is 23.7. The summed E-state index contributed by atoms with van der Waals surface area (Å²) in [6.07, 6.45) is 0. The monoisotopic (exact) mass is 469 g/mol. The molecule has 0 bridgehead atoms. The smallest absolute Gasteiger partial charge is 0.338 e. The Balaban J connectivity index is 1.66. The SMILES string of the molecule is COc1cc(C(=O)OCC(=O)c2ccc([N+](=O)[O-])cc2)cc(Cl)c1OCc1ccc(C)cc1. The van der Waals surface area contributed by atoms with Crippen LogP contribution in [0.5, 0.6) is 11.5 Å². The van der Waals surface area contributed by atoms with Crippen molar-refractivity contribution in [3.8, 4) is 11.5 Å². The number of hydrogen-bond donors (Lipinski definition) is 0. The standard InChI is InChI=1S/C24H20ClNO7/c1-15-3-5-16(6-4-15)13-32-23-20(25)11-18(12-22(23)31-2)24(28)33-14-21(27)17-7-9-19(10-8-17)26(29)30/h3-12H,13-14H2,1-2H3. The predicted molar refractivity (Wildman–Crippen MR) is 121 cm³/mol. The minimum absolute atomic E-state index is 0.0797. The predicted octanol–water partition coefficient (Wildman–Crippen LogP) is 5.18. The van der Waals surface area contributed by atoms with Gasteiger partial charge in [-0.25, -0.2) is 4.79 Å². The average Bonchev–Trinajstić information content (AvgIpc) is 2.82. The zero-order valence-electron chi connectivity index (χ0n) is 17.9. The number of ketones is 1. The van der Waals surface area contributed by atoms with E-state index in [4.69, 9.17) is 25.8 Å². The molecule has 3 aromatic rings. The van der Waals surface area contributed by atoms with Crippen LogP contribution in [0.4, 0.5) is 5.69 Å². The molecule has 0 aromatic heterocycles. The van der Waals surface area contributed by atoms with E-state index >= 15 is 0 Å².